The Morgan fingerprint density at radius 3 is 2.30 bits per heavy atom. The quantitative estimate of drug-likeness (QED) is 0.260. The molecule has 8 nitrogen and oxygen atoms in total. The van der Waals surface area contributed by atoms with Crippen LogP contribution in [0.1, 0.15) is 0 Å². The maximum atomic E-state index is 13.3. The summed E-state index contributed by atoms with van der Waals surface area (Å²) in [6, 6.07) is 11.7. The normalized spacial score (nSPS) is 11.6. The third-order valence-electron chi connectivity index (χ3n) is 4.57. The average molecular weight is 546 g/mol. The van der Waals surface area contributed by atoms with Crippen molar-refractivity contribution in [2.75, 3.05) is 10.8 Å². The SMILES string of the molecule is O=C(O)CN(c1ccc2c(ccn2-c2cc(Cl)nc(Cl)n2)c1)S(=O)(=O)c1cc(Cl)cc(Cl)c1. The molecule has 4 aromatic rings. The summed E-state index contributed by atoms with van der Waals surface area (Å²) in [6.07, 6.45) is 1.69. The Morgan fingerprint density at radius 1 is 0.970 bits per heavy atom. The second-order valence-electron chi connectivity index (χ2n) is 6.76. The first-order chi connectivity index (χ1) is 15.5. The number of rotatable bonds is 6. The van der Waals surface area contributed by atoms with Crippen LogP contribution in [0, 0.1) is 0 Å². The number of fused-ring (bicyclic) bond motifs is 1. The van der Waals surface area contributed by atoms with Gasteiger partial charge in [-0.1, -0.05) is 34.8 Å². The number of aromatic nitrogens is 3. The van der Waals surface area contributed by atoms with Gasteiger partial charge in [-0.05, 0) is 54.1 Å². The highest BCUT2D eigenvalue weighted by molar-refractivity contribution is 7.92. The average Bonchev–Trinajstić information content (AvgIpc) is 3.13. The molecule has 0 saturated carbocycles. The number of sulfonamides is 1. The zero-order chi connectivity index (χ0) is 23.9. The van der Waals surface area contributed by atoms with Crippen molar-refractivity contribution in [1.82, 2.24) is 14.5 Å². The Kier molecular flexibility index (Phi) is 6.43. The molecule has 4 rings (SSSR count). The van der Waals surface area contributed by atoms with Gasteiger partial charge in [-0.25, -0.2) is 13.4 Å². The minimum Gasteiger partial charge on any atom is -0.480 e. The Morgan fingerprint density at radius 2 is 1.67 bits per heavy atom. The van der Waals surface area contributed by atoms with Crippen LogP contribution < -0.4 is 4.31 Å². The van der Waals surface area contributed by atoms with Crippen LogP contribution in [0.2, 0.25) is 20.5 Å². The third kappa shape index (κ3) is 4.87. The van der Waals surface area contributed by atoms with Crippen molar-refractivity contribution in [3.63, 3.8) is 0 Å². The van der Waals surface area contributed by atoms with Gasteiger partial charge in [0.25, 0.3) is 10.0 Å². The molecule has 0 aliphatic heterocycles. The van der Waals surface area contributed by atoms with Gasteiger partial charge in [0.1, 0.15) is 17.5 Å². The van der Waals surface area contributed by atoms with Crippen LogP contribution >= 0.6 is 46.4 Å². The maximum Gasteiger partial charge on any atom is 0.324 e. The molecule has 0 unspecified atom stereocenters. The molecule has 0 spiro atoms. The number of hydrogen-bond acceptors (Lipinski definition) is 5. The van der Waals surface area contributed by atoms with E-state index in [1.54, 1.807) is 29.0 Å². The molecule has 0 bridgehead atoms. The zero-order valence-electron chi connectivity index (χ0n) is 16.3. The van der Waals surface area contributed by atoms with Gasteiger partial charge < -0.3 is 9.67 Å². The number of carboxylic acids is 1. The van der Waals surface area contributed by atoms with Crippen molar-refractivity contribution in [2.24, 2.45) is 0 Å². The summed E-state index contributed by atoms with van der Waals surface area (Å²) in [4.78, 5) is 19.2. The Hall–Kier alpha value is -2.56. The first kappa shape index (κ1) is 23.6. The Bertz CT molecular complexity index is 1470. The predicted molar refractivity (Wildman–Crippen MR) is 128 cm³/mol. The smallest absolute Gasteiger partial charge is 0.324 e. The maximum absolute atomic E-state index is 13.3. The largest absolute Gasteiger partial charge is 0.480 e. The molecule has 1 N–H and O–H groups in total. The molecule has 0 saturated heterocycles. The highest BCUT2D eigenvalue weighted by atomic mass is 35.5. The molecule has 0 radical (unpaired) electrons. The fourth-order valence-corrected chi connectivity index (χ4v) is 5.76. The summed E-state index contributed by atoms with van der Waals surface area (Å²) < 4.78 is 29.1. The summed E-state index contributed by atoms with van der Waals surface area (Å²) in [6.45, 7) is -0.810. The van der Waals surface area contributed by atoms with Crippen molar-refractivity contribution in [2.45, 2.75) is 4.90 Å². The van der Waals surface area contributed by atoms with Crippen LogP contribution in [0.25, 0.3) is 16.7 Å². The predicted octanol–water partition coefficient (Wildman–Crippen LogP) is 5.31. The number of anilines is 1. The molecule has 2 heterocycles. The lowest BCUT2D eigenvalue weighted by molar-refractivity contribution is -0.135. The van der Waals surface area contributed by atoms with E-state index < -0.39 is 22.5 Å². The van der Waals surface area contributed by atoms with E-state index in [2.05, 4.69) is 9.97 Å². The zero-order valence-corrected chi connectivity index (χ0v) is 20.1. The molecule has 13 heteroatoms. The number of nitrogens with zero attached hydrogens (tertiary/aromatic N) is 4. The highest BCUT2D eigenvalue weighted by Gasteiger charge is 2.28. The molecule has 2 aromatic carbocycles. The summed E-state index contributed by atoms with van der Waals surface area (Å²) in [5.74, 6) is -0.930. The summed E-state index contributed by atoms with van der Waals surface area (Å²) >= 11 is 23.8. The molecule has 0 fully saturated rings. The van der Waals surface area contributed by atoms with Crippen LogP contribution in [-0.2, 0) is 14.8 Å². The van der Waals surface area contributed by atoms with Crippen molar-refractivity contribution in [3.8, 4) is 5.82 Å². The Balaban J connectivity index is 1.82. The van der Waals surface area contributed by atoms with E-state index in [1.807, 2.05) is 0 Å². The fraction of sp³-hybridized carbons (Fsp3) is 0.0500. The lowest BCUT2D eigenvalue weighted by Crippen LogP contribution is -2.35. The van der Waals surface area contributed by atoms with Gasteiger partial charge in [-0.3, -0.25) is 9.10 Å². The lowest BCUT2D eigenvalue weighted by Gasteiger charge is -2.23. The molecule has 0 aliphatic carbocycles. The van der Waals surface area contributed by atoms with Gasteiger partial charge in [0.2, 0.25) is 5.28 Å². The number of carbonyl (C=O) groups is 1. The topological polar surface area (TPSA) is 105 Å². The third-order valence-corrected chi connectivity index (χ3v) is 7.12. The van der Waals surface area contributed by atoms with E-state index >= 15 is 0 Å². The van der Waals surface area contributed by atoms with Crippen molar-refractivity contribution in [1.29, 1.82) is 0 Å². The van der Waals surface area contributed by atoms with E-state index in [4.69, 9.17) is 46.4 Å². The molecule has 0 atom stereocenters. The van der Waals surface area contributed by atoms with Crippen molar-refractivity contribution in [3.05, 3.63) is 75.2 Å². The molecular weight excluding hydrogens is 534 g/mol. The monoisotopic (exact) mass is 544 g/mol. The number of benzene rings is 2. The molecule has 33 heavy (non-hydrogen) atoms. The minimum atomic E-state index is -4.30. The van der Waals surface area contributed by atoms with Gasteiger partial charge in [0.15, 0.2) is 0 Å². The van der Waals surface area contributed by atoms with Crippen molar-refractivity contribution < 1.29 is 18.3 Å². The number of aliphatic carboxylic acids is 1. The van der Waals surface area contributed by atoms with Crippen LogP contribution in [0.15, 0.2) is 59.6 Å². The van der Waals surface area contributed by atoms with Crippen LogP contribution in [0.5, 0.6) is 0 Å². The Labute approximate surface area is 208 Å². The van der Waals surface area contributed by atoms with E-state index in [9.17, 15) is 18.3 Å². The number of halogens is 4. The van der Waals surface area contributed by atoms with Crippen LogP contribution in [0.4, 0.5) is 5.69 Å². The van der Waals surface area contributed by atoms with Gasteiger partial charge in [0.05, 0.1) is 16.1 Å². The molecule has 170 valence electrons. The van der Waals surface area contributed by atoms with Gasteiger partial charge >= 0.3 is 5.97 Å². The molecule has 0 aliphatic rings. The molecule has 2 aromatic heterocycles. The molecule has 0 amide bonds. The van der Waals surface area contributed by atoms with Gasteiger partial charge in [-0.2, -0.15) is 4.98 Å². The highest BCUT2D eigenvalue weighted by Crippen LogP contribution is 2.31. The van der Waals surface area contributed by atoms with E-state index in [-0.39, 0.29) is 31.1 Å². The number of hydrogen-bond donors (Lipinski definition) is 1. The van der Waals surface area contributed by atoms with E-state index in [0.717, 1.165) is 4.31 Å². The van der Waals surface area contributed by atoms with E-state index in [1.165, 1.54) is 30.3 Å². The van der Waals surface area contributed by atoms with Crippen LogP contribution in [-0.4, -0.2) is 40.6 Å². The number of carboxylic acid groups (broad SMARTS) is 1. The standard InChI is InChI=1S/C20H12Cl4N4O4S/c21-12-6-13(22)8-15(7-12)33(31,32)28(10-19(29)30)14-1-2-16-11(5-14)3-4-27(16)18-9-17(23)25-20(24)26-18/h1-9H,10H2,(H,29,30). The summed E-state index contributed by atoms with van der Waals surface area (Å²) in [5, 5.41) is 10.3. The second-order valence-corrected chi connectivity index (χ2v) is 10.2. The molecular formula is C20H12Cl4N4O4S. The summed E-state index contributed by atoms with van der Waals surface area (Å²) in [7, 11) is -4.30. The first-order valence-corrected chi connectivity index (χ1v) is 12.0. The van der Waals surface area contributed by atoms with Gasteiger partial charge in [-0.15, -0.1) is 0 Å². The first-order valence-electron chi connectivity index (χ1n) is 9.07. The second kappa shape index (κ2) is 9.00. The van der Waals surface area contributed by atoms with E-state index in [0.29, 0.717) is 16.7 Å². The summed E-state index contributed by atoms with van der Waals surface area (Å²) in [5.41, 5.74) is 0.792. The van der Waals surface area contributed by atoms with Crippen molar-refractivity contribution >= 4 is 79.0 Å². The fourth-order valence-electron chi connectivity index (χ4n) is 3.23. The minimum absolute atomic E-state index is 0.0325. The van der Waals surface area contributed by atoms with Crippen LogP contribution in [0.3, 0.4) is 0 Å². The lowest BCUT2D eigenvalue weighted by atomic mass is 10.2. The van der Waals surface area contributed by atoms with Gasteiger partial charge in [0, 0.05) is 27.7 Å².